The number of hydrogen-bond acceptors (Lipinski definition) is 4. The Hall–Kier alpha value is -3.18. The monoisotopic (exact) mass is 388 g/mol. The minimum absolute atomic E-state index is 0.0653. The van der Waals surface area contributed by atoms with Crippen LogP contribution in [0.25, 0.3) is 0 Å². The molecule has 5 nitrogen and oxygen atoms in total. The smallest absolute Gasteiger partial charge is 0.260 e. The number of amides is 1. The predicted octanol–water partition coefficient (Wildman–Crippen LogP) is 4.29. The van der Waals surface area contributed by atoms with Crippen LogP contribution in [-0.2, 0) is 6.54 Å². The van der Waals surface area contributed by atoms with Crippen LogP contribution >= 0.6 is 0 Å². The summed E-state index contributed by atoms with van der Waals surface area (Å²) in [5, 5.41) is 3.36. The van der Waals surface area contributed by atoms with E-state index in [-0.39, 0.29) is 5.91 Å². The van der Waals surface area contributed by atoms with Gasteiger partial charge in [0.15, 0.2) is 0 Å². The lowest BCUT2D eigenvalue weighted by atomic mass is 10.1. The molecule has 2 aromatic carbocycles. The fraction of sp³-hybridized carbons (Fsp3) is 0.250. The van der Waals surface area contributed by atoms with Crippen molar-refractivity contribution in [2.75, 3.05) is 37.4 Å². The number of anilines is 2. The molecule has 0 spiro atoms. The third-order valence-corrected chi connectivity index (χ3v) is 4.59. The summed E-state index contributed by atoms with van der Waals surface area (Å²) < 4.78 is 0. The second-order valence-electron chi connectivity index (χ2n) is 7.26. The lowest BCUT2D eigenvalue weighted by Crippen LogP contribution is -2.30. The van der Waals surface area contributed by atoms with Crippen LogP contribution in [0, 0.1) is 0 Å². The second kappa shape index (κ2) is 10.4. The van der Waals surface area contributed by atoms with Crippen LogP contribution < -0.4 is 10.2 Å². The number of hydrogen-bond donors (Lipinski definition) is 1. The molecule has 0 bridgehead atoms. The van der Waals surface area contributed by atoms with E-state index in [0.29, 0.717) is 12.1 Å². The molecule has 150 valence electrons. The van der Waals surface area contributed by atoms with E-state index in [1.54, 1.807) is 17.3 Å². The number of rotatable bonds is 9. The summed E-state index contributed by atoms with van der Waals surface area (Å²) in [5.74, 6) is -0.0653. The molecule has 3 aromatic rings. The molecule has 0 aliphatic carbocycles. The van der Waals surface area contributed by atoms with Crippen LogP contribution in [0.2, 0.25) is 0 Å². The maximum Gasteiger partial charge on any atom is 0.260 e. The molecule has 0 saturated carbocycles. The number of benzene rings is 2. The van der Waals surface area contributed by atoms with Crippen LogP contribution in [0.4, 0.5) is 11.4 Å². The zero-order chi connectivity index (χ0) is 20.5. The average Bonchev–Trinajstić information content (AvgIpc) is 2.76. The first-order valence-corrected chi connectivity index (χ1v) is 9.88. The highest BCUT2D eigenvalue weighted by Crippen LogP contribution is 2.21. The molecule has 0 fully saturated rings. The van der Waals surface area contributed by atoms with Crippen molar-refractivity contribution in [3.63, 3.8) is 0 Å². The number of carbonyl (C=O) groups is 1. The van der Waals surface area contributed by atoms with E-state index in [4.69, 9.17) is 0 Å². The highest BCUT2D eigenvalue weighted by molar-refractivity contribution is 6.06. The third-order valence-electron chi connectivity index (χ3n) is 4.59. The molecule has 29 heavy (non-hydrogen) atoms. The number of nitrogens with one attached hydrogen (secondary N) is 1. The third kappa shape index (κ3) is 6.16. The summed E-state index contributed by atoms with van der Waals surface area (Å²) in [6.45, 7) is 2.35. The fourth-order valence-corrected chi connectivity index (χ4v) is 3.09. The van der Waals surface area contributed by atoms with E-state index in [9.17, 15) is 4.79 Å². The number of carbonyl (C=O) groups excluding carboxylic acids is 1. The van der Waals surface area contributed by atoms with Crippen LogP contribution in [0.5, 0.6) is 0 Å². The molecule has 0 radical (unpaired) electrons. The van der Waals surface area contributed by atoms with E-state index in [0.717, 1.165) is 36.4 Å². The Bertz CT molecular complexity index is 897. The topological polar surface area (TPSA) is 48.5 Å². The SMILES string of the molecule is CN(C)CCCNc1cncc(C(=O)N(Cc2ccccc2)c2ccccc2)c1. The lowest BCUT2D eigenvalue weighted by molar-refractivity contribution is 0.0985. The van der Waals surface area contributed by atoms with Gasteiger partial charge in [-0.3, -0.25) is 9.78 Å². The van der Waals surface area contributed by atoms with Crippen molar-refractivity contribution in [1.29, 1.82) is 0 Å². The van der Waals surface area contributed by atoms with Gasteiger partial charge in [0.05, 0.1) is 17.8 Å². The van der Waals surface area contributed by atoms with Crippen LogP contribution in [0.15, 0.2) is 79.1 Å². The Labute approximate surface area is 173 Å². The second-order valence-corrected chi connectivity index (χ2v) is 7.26. The van der Waals surface area contributed by atoms with E-state index in [1.165, 1.54) is 0 Å². The maximum atomic E-state index is 13.4. The van der Waals surface area contributed by atoms with Crippen molar-refractivity contribution in [3.8, 4) is 0 Å². The van der Waals surface area contributed by atoms with Gasteiger partial charge >= 0.3 is 0 Å². The molecule has 0 aliphatic rings. The quantitative estimate of drug-likeness (QED) is 0.556. The molecule has 0 unspecified atom stereocenters. The van der Waals surface area contributed by atoms with Gasteiger partial charge in [-0.25, -0.2) is 0 Å². The van der Waals surface area contributed by atoms with Crippen LogP contribution in [0.3, 0.4) is 0 Å². The Morgan fingerprint density at radius 3 is 2.34 bits per heavy atom. The normalized spacial score (nSPS) is 10.7. The molecule has 0 aliphatic heterocycles. The van der Waals surface area contributed by atoms with Crippen LogP contribution in [-0.4, -0.2) is 43.0 Å². The van der Waals surface area contributed by atoms with Gasteiger partial charge in [0.1, 0.15) is 0 Å². The summed E-state index contributed by atoms with van der Waals surface area (Å²) in [7, 11) is 4.12. The lowest BCUT2D eigenvalue weighted by Gasteiger charge is -2.23. The molecule has 1 amide bonds. The molecular formula is C24H28N4O. The molecular weight excluding hydrogens is 360 g/mol. The van der Waals surface area contributed by atoms with Crippen molar-refractivity contribution in [2.45, 2.75) is 13.0 Å². The molecule has 3 rings (SSSR count). The molecule has 0 atom stereocenters. The Morgan fingerprint density at radius 2 is 1.66 bits per heavy atom. The summed E-state index contributed by atoms with van der Waals surface area (Å²) in [6.07, 6.45) is 4.42. The Morgan fingerprint density at radius 1 is 0.966 bits per heavy atom. The Balaban J connectivity index is 1.78. The molecule has 1 N–H and O–H groups in total. The summed E-state index contributed by atoms with van der Waals surface area (Å²) in [5.41, 5.74) is 3.38. The number of aromatic nitrogens is 1. The Kier molecular flexibility index (Phi) is 7.36. The van der Waals surface area contributed by atoms with Gasteiger partial charge in [-0.1, -0.05) is 48.5 Å². The largest absolute Gasteiger partial charge is 0.384 e. The van der Waals surface area contributed by atoms with Gasteiger partial charge in [0, 0.05) is 24.6 Å². The fourth-order valence-electron chi connectivity index (χ4n) is 3.09. The molecule has 0 saturated heterocycles. The first kappa shape index (κ1) is 20.6. The van der Waals surface area contributed by atoms with E-state index < -0.39 is 0 Å². The zero-order valence-corrected chi connectivity index (χ0v) is 17.1. The first-order chi connectivity index (χ1) is 14.1. The van der Waals surface area contributed by atoms with Crippen molar-refractivity contribution in [3.05, 3.63) is 90.3 Å². The van der Waals surface area contributed by atoms with Crippen molar-refractivity contribution < 1.29 is 4.79 Å². The molecule has 5 heteroatoms. The van der Waals surface area contributed by atoms with Gasteiger partial charge in [-0.15, -0.1) is 0 Å². The number of pyridine rings is 1. The summed E-state index contributed by atoms with van der Waals surface area (Å²) in [6, 6.07) is 21.7. The highest BCUT2D eigenvalue weighted by atomic mass is 16.2. The summed E-state index contributed by atoms with van der Waals surface area (Å²) >= 11 is 0. The van der Waals surface area contributed by atoms with Crippen LogP contribution in [0.1, 0.15) is 22.3 Å². The van der Waals surface area contributed by atoms with E-state index in [2.05, 4.69) is 29.3 Å². The van der Waals surface area contributed by atoms with Crippen molar-refractivity contribution >= 4 is 17.3 Å². The minimum atomic E-state index is -0.0653. The number of para-hydroxylation sites is 1. The van der Waals surface area contributed by atoms with E-state index >= 15 is 0 Å². The molecule has 1 heterocycles. The maximum absolute atomic E-state index is 13.4. The predicted molar refractivity (Wildman–Crippen MR) is 119 cm³/mol. The zero-order valence-electron chi connectivity index (χ0n) is 17.1. The van der Waals surface area contributed by atoms with Gasteiger partial charge in [0.2, 0.25) is 0 Å². The first-order valence-electron chi connectivity index (χ1n) is 9.88. The van der Waals surface area contributed by atoms with Gasteiger partial charge in [-0.2, -0.15) is 0 Å². The van der Waals surface area contributed by atoms with Crippen molar-refractivity contribution in [2.24, 2.45) is 0 Å². The number of nitrogens with zero attached hydrogens (tertiary/aromatic N) is 3. The standard InChI is InChI=1S/C24H28N4O/c1-27(2)15-9-14-26-22-16-21(17-25-18-22)24(29)28(23-12-7-4-8-13-23)19-20-10-5-3-6-11-20/h3-8,10-13,16-18,26H,9,14-15,19H2,1-2H3. The summed E-state index contributed by atoms with van der Waals surface area (Å²) in [4.78, 5) is 21.6. The van der Waals surface area contributed by atoms with Crippen molar-refractivity contribution in [1.82, 2.24) is 9.88 Å². The van der Waals surface area contributed by atoms with Gasteiger partial charge in [0.25, 0.3) is 5.91 Å². The highest BCUT2D eigenvalue weighted by Gasteiger charge is 2.19. The molecule has 1 aromatic heterocycles. The average molecular weight is 389 g/mol. The van der Waals surface area contributed by atoms with Gasteiger partial charge < -0.3 is 15.1 Å². The minimum Gasteiger partial charge on any atom is -0.384 e. The van der Waals surface area contributed by atoms with E-state index in [1.807, 2.05) is 66.7 Å². The van der Waals surface area contributed by atoms with Gasteiger partial charge in [-0.05, 0) is 50.8 Å².